The fourth-order valence-electron chi connectivity index (χ4n) is 2.06. The molecule has 2 aromatic carbocycles. The molecule has 0 unspecified atom stereocenters. The van der Waals surface area contributed by atoms with E-state index >= 15 is 0 Å². The lowest BCUT2D eigenvalue weighted by molar-refractivity contribution is 0.414. The van der Waals surface area contributed by atoms with Crippen LogP contribution >= 0.6 is 0 Å². The van der Waals surface area contributed by atoms with Crippen molar-refractivity contribution in [1.82, 2.24) is 14.9 Å². The number of hydrogen-bond donors (Lipinski definition) is 1. The third-order valence-corrected chi connectivity index (χ3v) is 3.47. The molecule has 8 nitrogen and oxygen atoms in total. The summed E-state index contributed by atoms with van der Waals surface area (Å²) in [5, 5.41) is 16.2. The Morgan fingerprint density at radius 1 is 0.885 bits per heavy atom. The summed E-state index contributed by atoms with van der Waals surface area (Å²) in [6, 6.07) is 15.1. The van der Waals surface area contributed by atoms with Crippen molar-refractivity contribution >= 4 is 18.4 Å². The van der Waals surface area contributed by atoms with Crippen LogP contribution in [-0.4, -0.2) is 41.5 Å². The number of anilines is 1. The second kappa shape index (κ2) is 8.43. The SMILES string of the molecule is COc1ccc(C=NNc2nncn2N=Cc2ccc(OC)cc2)cc1. The number of nitrogens with zero attached hydrogens (tertiary/aromatic N) is 5. The molecule has 0 saturated carbocycles. The molecule has 0 saturated heterocycles. The molecule has 0 aliphatic rings. The molecule has 0 bridgehead atoms. The summed E-state index contributed by atoms with van der Waals surface area (Å²) >= 11 is 0. The van der Waals surface area contributed by atoms with E-state index in [1.807, 2.05) is 48.5 Å². The molecule has 0 amide bonds. The highest BCUT2D eigenvalue weighted by molar-refractivity contribution is 5.80. The number of nitrogens with one attached hydrogen (secondary N) is 1. The van der Waals surface area contributed by atoms with Crippen LogP contribution in [0.2, 0.25) is 0 Å². The van der Waals surface area contributed by atoms with Gasteiger partial charge in [-0.3, -0.25) is 0 Å². The van der Waals surface area contributed by atoms with Crippen molar-refractivity contribution in [2.24, 2.45) is 10.2 Å². The van der Waals surface area contributed by atoms with Gasteiger partial charge < -0.3 is 9.47 Å². The number of benzene rings is 2. The van der Waals surface area contributed by atoms with E-state index in [-0.39, 0.29) is 0 Å². The lowest BCUT2D eigenvalue weighted by atomic mass is 10.2. The molecule has 0 fully saturated rings. The molecule has 1 aromatic heterocycles. The fourth-order valence-corrected chi connectivity index (χ4v) is 2.06. The predicted molar refractivity (Wildman–Crippen MR) is 100 cm³/mol. The van der Waals surface area contributed by atoms with Crippen LogP contribution < -0.4 is 14.9 Å². The van der Waals surface area contributed by atoms with Crippen molar-refractivity contribution < 1.29 is 9.47 Å². The fraction of sp³-hybridized carbons (Fsp3) is 0.111. The molecule has 1 N–H and O–H groups in total. The Labute approximate surface area is 150 Å². The Balaban J connectivity index is 1.63. The molecule has 0 spiro atoms. The Hall–Kier alpha value is -3.68. The molecule has 0 radical (unpaired) electrons. The molecule has 3 rings (SSSR count). The lowest BCUT2D eigenvalue weighted by Crippen LogP contribution is -1.99. The highest BCUT2D eigenvalue weighted by atomic mass is 16.5. The largest absolute Gasteiger partial charge is 0.497 e. The van der Waals surface area contributed by atoms with Gasteiger partial charge in [0.1, 0.15) is 17.8 Å². The second-order valence-corrected chi connectivity index (χ2v) is 5.16. The standard InChI is InChI=1S/C18H18N6O2/c1-25-16-7-3-14(4-8-16)11-19-22-18-23-20-13-24(18)21-12-15-5-9-17(26-2)10-6-15/h3-13H,1-2H3,(H,22,23). The Morgan fingerprint density at radius 3 is 2.04 bits per heavy atom. The van der Waals surface area contributed by atoms with Crippen LogP contribution in [-0.2, 0) is 0 Å². The summed E-state index contributed by atoms with van der Waals surface area (Å²) in [4.78, 5) is 0. The average Bonchev–Trinajstić information content (AvgIpc) is 3.14. The molecule has 0 aliphatic carbocycles. The van der Waals surface area contributed by atoms with E-state index in [0.29, 0.717) is 5.95 Å². The first-order valence-corrected chi connectivity index (χ1v) is 7.80. The normalized spacial score (nSPS) is 11.2. The van der Waals surface area contributed by atoms with Gasteiger partial charge in [0.15, 0.2) is 0 Å². The summed E-state index contributed by atoms with van der Waals surface area (Å²) < 4.78 is 11.7. The minimum absolute atomic E-state index is 0.402. The smallest absolute Gasteiger partial charge is 0.265 e. The minimum atomic E-state index is 0.402. The number of hydrogen-bond acceptors (Lipinski definition) is 7. The van der Waals surface area contributed by atoms with E-state index in [4.69, 9.17) is 9.47 Å². The number of hydrazone groups is 1. The van der Waals surface area contributed by atoms with Crippen molar-refractivity contribution in [3.63, 3.8) is 0 Å². The maximum absolute atomic E-state index is 5.13. The average molecular weight is 350 g/mol. The minimum Gasteiger partial charge on any atom is -0.497 e. The van der Waals surface area contributed by atoms with Gasteiger partial charge in [0.05, 0.1) is 26.6 Å². The first-order valence-electron chi connectivity index (χ1n) is 7.80. The Bertz CT molecular complexity index is 885. The molecule has 132 valence electrons. The zero-order valence-corrected chi connectivity index (χ0v) is 14.4. The van der Waals surface area contributed by atoms with Crippen molar-refractivity contribution in [3.8, 4) is 11.5 Å². The molecular formula is C18H18N6O2. The van der Waals surface area contributed by atoms with Crippen LogP contribution in [0.5, 0.6) is 11.5 Å². The topological polar surface area (TPSA) is 85.9 Å². The van der Waals surface area contributed by atoms with Crippen LogP contribution in [0.4, 0.5) is 5.95 Å². The van der Waals surface area contributed by atoms with Crippen LogP contribution in [0, 0.1) is 0 Å². The molecule has 0 atom stereocenters. The van der Waals surface area contributed by atoms with E-state index in [1.165, 1.54) is 11.0 Å². The molecule has 26 heavy (non-hydrogen) atoms. The van der Waals surface area contributed by atoms with Gasteiger partial charge in [-0.2, -0.15) is 14.9 Å². The van der Waals surface area contributed by atoms with Crippen LogP contribution in [0.25, 0.3) is 0 Å². The van der Waals surface area contributed by atoms with Gasteiger partial charge in [-0.1, -0.05) is 0 Å². The van der Waals surface area contributed by atoms with E-state index in [0.717, 1.165) is 22.6 Å². The van der Waals surface area contributed by atoms with E-state index < -0.39 is 0 Å². The Morgan fingerprint density at radius 2 is 1.46 bits per heavy atom. The molecule has 1 heterocycles. The van der Waals surface area contributed by atoms with E-state index in [2.05, 4.69) is 25.8 Å². The monoisotopic (exact) mass is 350 g/mol. The van der Waals surface area contributed by atoms with Gasteiger partial charge in [0.2, 0.25) is 0 Å². The maximum Gasteiger partial charge on any atom is 0.265 e. The van der Waals surface area contributed by atoms with Crippen molar-refractivity contribution in [2.45, 2.75) is 0 Å². The van der Waals surface area contributed by atoms with Gasteiger partial charge >= 0.3 is 0 Å². The van der Waals surface area contributed by atoms with Crippen LogP contribution in [0.1, 0.15) is 11.1 Å². The lowest BCUT2D eigenvalue weighted by Gasteiger charge is -2.01. The first-order chi connectivity index (χ1) is 12.8. The summed E-state index contributed by atoms with van der Waals surface area (Å²) in [6.45, 7) is 0. The van der Waals surface area contributed by atoms with Gasteiger partial charge in [-0.25, -0.2) is 5.43 Å². The third-order valence-electron chi connectivity index (χ3n) is 3.47. The molecule has 3 aromatic rings. The number of aromatic nitrogens is 3. The molecule has 8 heteroatoms. The molecule has 0 aliphatic heterocycles. The van der Waals surface area contributed by atoms with Gasteiger partial charge in [-0.05, 0) is 59.7 Å². The quantitative estimate of drug-likeness (QED) is 0.523. The number of ether oxygens (including phenoxy) is 2. The van der Waals surface area contributed by atoms with Crippen LogP contribution in [0.3, 0.4) is 0 Å². The van der Waals surface area contributed by atoms with Crippen molar-refractivity contribution in [3.05, 3.63) is 66.0 Å². The summed E-state index contributed by atoms with van der Waals surface area (Å²) in [6.07, 6.45) is 4.86. The van der Waals surface area contributed by atoms with Gasteiger partial charge in [0.25, 0.3) is 5.95 Å². The van der Waals surface area contributed by atoms with E-state index in [1.54, 1.807) is 26.6 Å². The number of rotatable bonds is 7. The van der Waals surface area contributed by atoms with Crippen molar-refractivity contribution in [2.75, 3.05) is 19.6 Å². The zero-order valence-electron chi connectivity index (χ0n) is 14.4. The highest BCUT2D eigenvalue weighted by Gasteiger charge is 2.00. The van der Waals surface area contributed by atoms with Gasteiger partial charge in [0, 0.05) is 0 Å². The van der Waals surface area contributed by atoms with Gasteiger partial charge in [-0.15, -0.1) is 10.2 Å². The number of methoxy groups -OCH3 is 2. The Kier molecular flexibility index (Phi) is 5.56. The second-order valence-electron chi connectivity index (χ2n) is 5.16. The van der Waals surface area contributed by atoms with E-state index in [9.17, 15) is 0 Å². The third kappa shape index (κ3) is 4.44. The van der Waals surface area contributed by atoms with Crippen molar-refractivity contribution in [1.29, 1.82) is 0 Å². The highest BCUT2D eigenvalue weighted by Crippen LogP contribution is 2.11. The maximum atomic E-state index is 5.13. The first kappa shape index (κ1) is 17.2. The molecular weight excluding hydrogens is 332 g/mol. The summed E-state index contributed by atoms with van der Waals surface area (Å²) in [7, 11) is 3.26. The predicted octanol–water partition coefficient (Wildman–Crippen LogP) is 2.62. The summed E-state index contributed by atoms with van der Waals surface area (Å²) in [5.41, 5.74) is 4.66. The zero-order chi connectivity index (χ0) is 18.2. The summed E-state index contributed by atoms with van der Waals surface area (Å²) in [5.74, 6) is 1.99. The van der Waals surface area contributed by atoms with Crippen LogP contribution in [0.15, 0.2) is 65.1 Å².